The van der Waals surface area contributed by atoms with Crippen molar-refractivity contribution in [3.05, 3.63) is 53.6 Å². The predicted octanol–water partition coefficient (Wildman–Crippen LogP) is 1.66. The Balaban J connectivity index is 1.38. The van der Waals surface area contributed by atoms with Crippen LogP contribution >= 0.6 is 0 Å². The van der Waals surface area contributed by atoms with Crippen LogP contribution < -0.4 is 20.1 Å². The monoisotopic (exact) mass is 411 g/mol. The molecule has 9 nitrogen and oxygen atoms in total. The van der Waals surface area contributed by atoms with Crippen molar-refractivity contribution < 1.29 is 28.6 Å². The molecule has 2 aromatic carbocycles. The summed E-state index contributed by atoms with van der Waals surface area (Å²) < 4.78 is 15.4. The molecule has 30 heavy (non-hydrogen) atoms. The molecule has 2 heterocycles. The third-order valence-electron chi connectivity index (χ3n) is 5.05. The van der Waals surface area contributed by atoms with Crippen molar-refractivity contribution in [3.8, 4) is 11.5 Å². The molecule has 0 bridgehead atoms. The van der Waals surface area contributed by atoms with Gasteiger partial charge in [0.1, 0.15) is 6.04 Å². The highest BCUT2D eigenvalue weighted by Crippen LogP contribution is 2.34. The first-order valence-electron chi connectivity index (χ1n) is 9.42. The van der Waals surface area contributed by atoms with Crippen LogP contribution in [0.2, 0.25) is 0 Å². The molecular weight excluding hydrogens is 390 g/mol. The molecule has 0 radical (unpaired) electrons. The first-order valence-corrected chi connectivity index (χ1v) is 9.42. The van der Waals surface area contributed by atoms with E-state index in [1.165, 1.54) is 7.11 Å². The number of methoxy groups -OCH3 is 1. The molecule has 0 saturated carbocycles. The van der Waals surface area contributed by atoms with Gasteiger partial charge in [-0.15, -0.1) is 0 Å². The number of ether oxygens (including phenoxy) is 3. The molecule has 0 fully saturated rings. The minimum Gasteiger partial charge on any atom is -0.468 e. The summed E-state index contributed by atoms with van der Waals surface area (Å²) in [6, 6.07) is 11.4. The molecule has 0 aliphatic carbocycles. The summed E-state index contributed by atoms with van der Waals surface area (Å²) in [7, 11) is 1.32. The normalized spacial score (nSPS) is 17.0. The maximum absolute atomic E-state index is 12.5. The number of esters is 1. The second kappa shape index (κ2) is 8.42. The molecule has 2 N–H and O–H groups in total. The quantitative estimate of drug-likeness (QED) is 0.737. The number of hydrogen-bond donors (Lipinski definition) is 2. The molecule has 156 valence electrons. The number of rotatable bonds is 4. The fourth-order valence-corrected chi connectivity index (χ4v) is 3.60. The van der Waals surface area contributed by atoms with Crippen molar-refractivity contribution in [2.75, 3.05) is 25.8 Å². The Morgan fingerprint density at radius 1 is 1.10 bits per heavy atom. The maximum atomic E-state index is 12.5. The Labute approximate surface area is 172 Å². The van der Waals surface area contributed by atoms with Gasteiger partial charge in [0.25, 0.3) is 0 Å². The average molecular weight is 411 g/mol. The van der Waals surface area contributed by atoms with E-state index in [2.05, 4.69) is 10.6 Å². The zero-order valence-electron chi connectivity index (χ0n) is 16.3. The highest BCUT2D eigenvalue weighted by Gasteiger charge is 2.33. The van der Waals surface area contributed by atoms with Crippen LogP contribution in [0.1, 0.15) is 11.1 Å². The van der Waals surface area contributed by atoms with E-state index in [9.17, 15) is 14.4 Å². The van der Waals surface area contributed by atoms with Crippen molar-refractivity contribution in [2.24, 2.45) is 0 Å². The Bertz CT molecular complexity index is 992. The van der Waals surface area contributed by atoms with Crippen molar-refractivity contribution in [1.29, 1.82) is 0 Å². The van der Waals surface area contributed by atoms with E-state index in [0.29, 0.717) is 30.2 Å². The Morgan fingerprint density at radius 2 is 1.87 bits per heavy atom. The van der Waals surface area contributed by atoms with Crippen molar-refractivity contribution in [2.45, 2.75) is 19.0 Å². The molecule has 3 amide bonds. The fraction of sp³-hybridized carbons (Fsp3) is 0.286. The number of carbonyl (C=O) groups excluding carboxylic acids is 3. The number of imide groups is 1. The predicted molar refractivity (Wildman–Crippen MR) is 106 cm³/mol. The number of anilines is 1. The molecule has 0 saturated heterocycles. The molecule has 9 heteroatoms. The lowest BCUT2D eigenvalue weighted by Crippen LogP contribution is -2.51. The van der Waals surface area contributed by atoms with E-state index in [0.717, 1.165) is 11.1 Å². The van der Waals surface area contributed by atoms with Gasteiger partial charge in [-0.05, 0) is 29.7 Å². The van der Waals surface area contributed by atoms with Gasteiger partial charge in [-0.1, -0.05) is 24.3 Å². The molecule has 1 atom stereocenters. The van der Waals surface area contributed by atoms with Gasteiger partial charge in [0, 0.05) is 18.3 Å². The molecule has 2 aliphatic rings. The summed E-state index contributed by atoms with van der Waals surface area (Å²) in [5.41, 5.74) is 2.55. The standard InChI is InChI=1S/C21H21N3O6/c1-28-20(26)16-8-13-4-2-3-5-14(13)10-24(16)11-19(25)23-21(27)22-15-6-7-17-18(9-15)30-12-29-17/h2-7,9,16H,8,10-12H2,1H3,(H2,22,23,25,27)/t16-/m0/s1. The van der Waals surface area contributed by atoms with Crippen LogP contribution in [-0.2, 0) is 27.3 Å². The number of urea groups is 1. The van der Waals surface area contributed by atoms with Crippen LogP contribution in [0.25, 0.3) is 0 Å². The van der Waals surface area contributed by atoms with Crippen LogP contribution in [-0.4, -0.2) is 49.3 Å². The Kier molecular flexibility index (Phi) is 5.53. The molecule has 0 unspecified atom stereocenters. The number of carbonyl (C=O) groups is 3. The molecule has 0 aromatic heterocycles. The van der Waals surface area contributed by atoms with Crippen LogP contribution in [0.4, 0.5) is 10.5 Å². The number of nitrogens with one attached hydrogen (secondary N) is 2. The first-order chi connectivity index (χ1) is 14.5. The van der Waals surface area contributed by atoms with Crippen molar-refractivity contribution in [1.82, 2.24) is 10.2 Å². The van der Waals surface area contributed by atoms with E-state index < -0.39 is 23.9 Å². The SMILES string of the molecule is COC(=O)[C@@H]1Cc2ccccc2CN1CC(=O)NC(=O)Nc1ccc2c(c1)OCO2. The third kappa shape index (κ3) is 4.20. The van der Waals surface area contributed by atoms with Gasteiger partial charge in [-0.25, -0.2) is 4.79 Å². The number of amides is 3. The number of nitrogens with zero attached hydrogens (tertiary/aromatic N) is 1. The van der Waals surface area contributed by atoms with Crippen molar-refractivity contribution >= 4 is 23.6 Å². The van der Waals surface area contributed by atoms with Crippen LogP contribution in [0.3, 0.4) is 0 Å². The molecular formula is C21H21N3O6. The smallest absolute Gasteiger partial charge is 0.325 e. The minimum absolute atomic E-state index is 0.122. The van der Waals surface area contributed by atoms with Gasteiger partial charge in [-0.2, -0.15) is 0 Å². The van der Waals surface area contributed by atoms with E-state index in [4.69, 9.17) is 14.2 Å². The average Bonchev–Trinajstić information content (AvgIpc) is 3.20. The lowest BCUT2D eigenvalue weighted by molar-refractivity contribution is -0.148. The number of hydrogen-bond acceptors (Lipinski definition) is 7. The Hall–Kier alpha value is -3.59. The molecule has 0 spiro atoms. The van der Waals surface area contributed by atoms with E-state index in [-0.39, 0.29) is 13.3 Å². The minimum atomic E-state index is -0.675. The molecule has 2 aromatic rings. The molecule has 4 rings (SSSR count). The van der Waals surface area contributed by atoms with Gasteiger partial charge in [0.05, 0.1) is 13.7 Å². The highest BCUT2D eigenvalue weighted by atomic mass is 16.7. The van der Waals surface area contributed by atoms with Gasteiger partial charge in [-0.3, -0.25) is 19.8 Å². The molecule has 2 aliphatic heterocycles. The maximum Gasteiger partial charge on any atom is 0.325 e. The summed E-state index contributed by atoms with van der Waals surface area (Å²) in [4.78, 5) is 38.6. The second-order valence-electron chi connectivity index (χ2n) is 6.99. The van der Waals surface area contributed by atoms with Gasteiger partial charge >= 0.3 is 12.0 Å². The number of fused-ring (bicyclic) bond motifs is 2. The largest absolute Gasteiger partial charge is 0.468 e. The van der Waals surface area contributed by atoms with Crippen molar-refractivity contribution in [3.63, 3.8) is 0 Å². The lowest BCUT2D eigenvalue weighted by Gasteiger charge is -2.34. The van der Waals surface area contributed by atoms with Gasteiger partial charge in [0.2, 0.25) is 12.7 Å². The summed E-state index contributed by atoms with van der Waals surface area (Å²) in [6.45, 7) is 0.416. The third-order valence-corrected chi connectivity index (χ3v) is 5.05. The second-order valence-corrected chi connectivity index (χ2v) is 6.99. The van der Waals surface area contributed by atoms with E-state index in [1.54, 1.807) is 23.1 Å². The van der Waals surface area contributed by atoms with Crippen LogP contribution in [0.5, 0.6) is 11.5 Å². The number of benzene rings is 2. The summed E-state index contributed by atoms with van der Waals surface area (Å²) in [5.74, 6) is 0.173. The summed E-state index contributed by atoms with van der Waals surface area (Å²) in [5, 5.41) is 4.87. The van der Waals surface area contributed by atoms with E-state index in [1.807, 2.05) is 24.3 Å². The van der Waals surface area contributed by atoms with Gasteiger partial charge in [0.15, 0.2) is 11.5 Å². The van der Waals surface area contributed by atoms with Crippen LogP contribution in [0.15, 0.2) is 42.5 Å². The topological polar surface area (TPSA) is 106 Å². The zero-order chi connectivity index (χ0) is 21.1. The fourth-order valence-electron chi connectivity index (χ4n) is 3.60. The van der Waals surface area contributed by atoms with E-state index >= 15 is 0 Å². The first kappa shape index (κ1) is 19.7. The van der Waals surface area contributed by atoms with Gasteiger partial charge < -0.3 is 19.5 Å². The lowest BCUT2D eigenvalue weighted by atomic mass is 9.94. The summed E-state index contributed by atoms with van der Waals surface area (Å²) >= 11 is 0. The summed E-state index contributed by atoms with van der Waals surface area (Å²) in [6.07, 6.45) is 0.444. The highest BCUT2D eigenvalue weighted by molar-refractivity contribution is 6.02. The Morgan fingerprint density at radius 3 is 2.67 bits per heavy atom. The van der Waals surface area contributed by atoms with Crippen LogP contribution in [0, 0.1) is 0 Å². The zero-order valence-corrected chi connectivity index (χ0v) is 16.3.